The molecule has 5 nitrogen and oxygen atoms in total. The molecule has 0 bridgehead atoms. The Hall–Kier alpha value is -3.60. The quantitative estimate of drug-likeness (QED) is 0.529. The molecule has 0 saturated heterocycles. The number of rotatable bonds is 3. The van der Waals surface area contributed by atoms with Crippen LogP contribution < -0.4 is 10.2 Å². The molecule has 0 unspecified atom stereocenters. The van der Waals surface area contributed by atoms with E-state index in [1.54, 1.807) is 0 Å². The zero-order valence-electron chi connectivity index (χ0n) is 20.3. The predicted molar refractivity (Wildman–Crippen MR) is 136 cm³/mol. The van der Waals surface area contributed by atoms with Crippen molar-refractivity contribution in [3.8, 4) is 0 Å². The molecule has 1 aliphatic carbocycles. The first-order valence-electron chi connectivity index (χ1n) is 11.6. The van der Waals surface area contributed by atoms with Gasteiger partial charge in [-0.1, -0.05) is 56.3 Å². The van der Waals surface area contributed by atoms with Crippen molar-refractivity contribution in [2.24, 2.45) is 11.3 Å². The zero-order chi connectivity index (χ0) is 24.2. The van der Waals surface area contributed by atoms with Crippen LogP contribution in [-0.2, 0) is 14.3 Å². The number of benzene rings is 3. The highest BCUT2D eigenvalue weighted by molar-refractivity contribution is 6.06. The van der Waals surface area contributed by atoms with E-state index in [9.17, 15) is 9.59 Å². The molecule has 0 spiro atoms. The van der Waals surface area contributed by atoms with Crippen LogP contribution in [0, 0.1) is 11.3 Å². The zero-order valence-corrected chi connectivity index (χ0v) is 20.3. The molecule has 0 aromatic heterocycles. The summed E-state index contributed by atoms with van der Waals surface area (Å²) in [6, 6.07) is 20.8. The third-order valence-corrected chi connectivity index (χ3v) is 7.27. The molecule has 2 aliphatic rings. The molecule has 34 heavy (non-hydrogen) atoms. The average molecular weight is 455 g/mol. The second-order valence-electron chi connectivity index (χ2n) is 10.2. The predicted octanol–water partition coefficient (Wildman–Crippen LogP) is 5.51. The van der Waals surface area contributed by atoms with Crippen LogP contribution in [0.15, 0.2) is 71.9 Å². The van der Waals surface area contributed by atoms with Gasteiger partial charge >= 0.3 is 5.97 Å². The van der Waals surface area contributed by atoms with Crippen LogP contribution in [0.5, 0.6) is 0 Å². The van der Waals surface area contributed by atoms with E-state index in [0.717, 1.165) is 33.3 Å². The highest BCUT2D eigenvalue weighted by Crippen LogP contribution is 2.53. The third kappa shape index (κ3) is 3.38. The van der Waals surface area contributed by atoms with Gasteiger partial charge in [0, 0.05) is 49.1 Å². The van der Waals surface area contributed by atoms with Crippen LogP contribution in [0.4, 0.5) is 11.4 Å². The highest BCUT2D eigenvalue weighted by atomic mass is 16.5. The first-order chi connectivity index (χ1) is 16.2. The number of hydrogen-bond donors (Lipinski definition) is 1. The maximum Gasteiger partial charge on any atom is 0.315 e. The molecule has 1 N–H and O–H groups in total. The van der Waals surface area contributed by atoms with Gasteiger partial charge in [-0.25, -0.2) is 0 Å². The normalized spacial score (nSPS) is 20.9. The van der Waals surface area contributed by atoms with E-state index in [-0.39, 0.29) is 17.7 Å². The molecule has 0 radical (unpaired) electrons. The number of allylic oxidation sites excluding steroid dienone is 1. The number of ether oxygens (including phenoxy) is 1. The van der Waals surface area contributed by atoms with Crippen molar-refractivity contribution < 1.29 is 14.3 Å². The Labute approximate surface area is 200 Å². The molecule has 0 amide bonds. The topological polar surface area (TPSA) is 58.6 Å². The van der Waals surface area contributed by atoms with Crippen LogP contribution in [0.25, 0.3) is 10.8 Å². The summed E-state index contributed by atoms with van der Waals surface area (Å²) in [6.45, 7) is 3.93. The lowest BCUT2D eigenvalue weighted by Gasteiger charge is -2.44. The first-order valence-corrected chi connectivity index (χ1v) is 11.6. The molecule has 1 heterocycles. The van der Waals surface area contributed by atoms with Gasteiger partial charge in [-0.15, -0.1) is 0 Å². The Morgan fingerprint density at radius 1 is 1.03 bits per heavy atom. The van der Waals surface area contributed by atoms with Crippen molar-refractivity contribution in [3.05, 3.63) is 83.1 Å². The largest absolute Gasteiger partial charge is 0.468 e. The van der Waals surface area contributed by atoms with Gasteiger partial charge in [0.2, 0.25) is 0 Å². The van der Waals surface area contributed by atoms with Gasteiger partial charge < -0.3 is 15.0 Å². The molecule has 3 aromatic carbocycles. The van der Waals surface area contributed by atoms with Crippen LogP contribution in [0.2, 0.25) is 0 Å². The summed E-state index contributed by atoms with van der Waals surface area (Å²) in [4.78, 5) is 28.8. The molecule has 5 heteroatoms. The van der Waals surface area contributed by atoms with Gasteiger partial charge in [-0.3, -0.25) is 9.59 Å². The number of carbonyl (C=O) groups is 2. The number of hydrogen-bond acceptors (Lipinski definition) is 5. The van der Waals surface area contributed by atoms with Crippen molar-refractivity contribution in [3.63, 3.8) is 0 Å². The minimum atomic E-state index is -0.552. The smallest absolute Gasteiger partial charge is 0.315 e. The standard InChI is InChI=1S/C29H30N2O3/c1-29(2)16-22(32)25-23(18-10-13-19(14-11-18)31(3)4)24-20-9-7-6-8-17(20)12-15-21(24)30-27(25)26(29)28(33)34-5/h6-15,23,26,30H,16H2,1-5H3/t23-,26-/m0/s1. The number of Topliss-reactive ketones (excluding diaryl/α,β-unsaturated/α-hetero) is 1. The Morgan fingerprint density at radius 3 is 2.41 bits per heavy atom. The van der Waals surface area contributed by atoms with E-state index in [1.807, 2.05) is 40.1 Å². The second kappa shape index (κ2) is 8.01. The van der Waals surface area contributed by atoms with Crippen molar-refractivity contribution in [2.45, 2.75) is 26.2 Å². The van der Waals surface area contributed by atoms with E-state index in [0.29, 0.717) is 17.7 Å². The first kappa shape index (κ1) is 22.2. The lowest BCUT2D eigenvalue weighted by atomic mass is 9.63. The number of carbonyl (C=O) groups excluding carboxylic acids is 2. The Bertz CT molecular complexity index is 1340. The molecule has 3 aromatic rings. The van der Waals surface area contributed by atoms with Crippen molar-refractivity contribution in [2.75, 3.05) is 31.4 Å². The van der Waals surface area contributed by atoms with E-state index in [2.05, 4.69) is 58.7 Å². The van der Waals surface area contributed by atoms with E-state index >= 15 is 0 Å². The van der Waals surface area contributed by atoms with Crippen molar-refractivity contribution in [1.29, 1.82) is 0 Å². The molecule has 174 valence electrons. The lowest BCUT2D eigenvalue weighted by molar-refractivity contribution is -0.148. The number of methoxy groups -OCH3 is 1. The van der Waals surface area contributed by atoms with Crippen LogP contribution in [0.3, 0.4) is 0 Å². The monoisotopic (exact) mass is 454 g/mol. The molecule has 0 fully saturated rings. The van der Waals surface area contributed by atoms with Gasteiger partial charge in [-0.2, -0.15) is 0 Å². The number of esters is 1. The number of fused-ring (bicyclic) bond motifs is 3. The average Bonchev–Trinajstić information content (AvgIpc) is 2.81. The Morgan fingerprint density at radius 2 is 1.74 bits per heavy atom. The van der Waals surface area contributed by atoms with Gasteiger partial charge in [0.1, 0.15) is 5.92 Å². The summed E-state index contributed by atoms with van der Waals surface area (Å²) < 4.78 is 5.22. The fourth-order valence-corrected chi connectivity index (χ4v) is 5.62. The molecular weight excluding hydrogens is 424 g/mol. The lowest BCUT2D eigenvalue weighted by Crippen LogP contribution is -2.44. The van der Waals surface area contributed by atoms with Gasteiger partial charge in [0.05, 0.1) is 7.11 Å². The summed E-state index contributed by atoms with van der Waals surface area (Å²) in [7, 11) is 5.43. The molecular formula is C29H30N2O3. The molecule has 5 rings (SSSR count). The minimum absolute atomic E-state index is 0.0768. The van der Waals surface area contributed by atoms with Crippen LogP contribution >= 0.6 is 0 Å². The number of ketones is 1. The summed E-state index contributed by atoms with van der Waals surface area (Å²) in [5.41, 5.74) is 4.94. The Kier molecular flexibility index (Phi) is 5.23. The summed E-state index contributed by atoms with van der Waals surface area (Å²) >= 11 is 0. The molecule has 1 aliphatic heterocycles. The maximum atomic E-state index is 13.7. The number of nitrogens with one attached hydrogen (secondary N) is 1. The summed E-state index contributed by atoms with van der Waals surface area (Å²) in [5.74, 6) is -1.06. The SMILES string of the molecule is COC(=O)[C@@H]1C2=C(C(=O)CC1(C)C)[C@@H](c1ccc(N(C)C)cc1)c1c(ccc3ccccc13)N2. The van der Waals surface area contributed by atoms with Crippen LogP contribution in [-0.4, -0.2) is 33.0 Å². The van der Waals surface area contributed by atoms with Gasteiger partial charge in [-0.05, 0) is 45.5 Å². The Balaban J connectivity index is 1.81. The van der Waals surface area contributed by atoms with Crippen molar-refractivity contribution >= 4 is 33.9 Å². The van der Waals surface area contributed by atoms with Gasteiger partial charge in [0.25, 0.3) is 0 Å². The van der Waals surface area contributed by atoms with Crippen molar-refractivity contribution in [1.82, 2.24) is 0 Å². The molecule has 2 atom stereocenters. The second-order valence-corrected chi connectivity index (χ2v) is 10.2. The fourth-order valence-electron chi connectivity index (χ4n) is 5.62. The van der Waals surface area contributed by atoms with Gasteiger partial charge in [0.15, 0.2) is 5.78 Å². The van der Waals surface area contributed by atoms with Crippen LogP contribution in [0.1, 0.15) is 37.3 Å². The number of nitrogens with zero attached hydrogens (tertiary/aromatic N) is 1. The van der Waals surface area contributed by atoms with E-state index in [4.69, 9.17) is 4.74 Å². The fraction of sp³-hybridized carbons (Fsp3) is 0.310. The summed E-state index contributed by atoms with van der Waals surface area (Å²) in [6.07, 6.45) is 0.291. The highest BCUT2D eigenvalue weighted by Gasteiger charge is 2.50. The number of anilines is 2. The van der Waals surface area contributed by atoms with E-state index < -0.39 is 11.3 Å². The summed E-state index contributed by atoms with van der Waals surface area (Å²) in [5, 5.41) is 5.75. The van der Waals surface area contributed by atoms with E-state index in [1.165, 1.54) is 7.11 Å². The third-order valence-electron chi connectivity index (χ3n) is 7.27. The minimum Gasteiger partial charge on any atom is -0.468 e. The molecule has 0 saturated carbocycles. The maximum absolute atomic E-state index is 13.7.